The fourth-order valence-corrected chi connectivity index (χ4v) is 3.09. The molecule has 2 aromatic rings. The first-order valence-electron chi connectivity index (χ1n) is 7.91. The number of amides is 1. The minimum atomic E-state index is -2.44. The van der Waals surface area contributed by atoms with Crippen molar-refractivity contribution in [2.75, 3.05) is 31.6 Å². The molecule has 0 unspecified atom stereocenters. The molecule has 1 aliphatic rings. The van der Waals surface area contributed by atoms with Gasteiger partial charge in [0, 0.05) is 23.7 Å². The SMILES string of the molecule is O=C(c1ccccc1Nc1ccc(SC(F)F)cc1)N1CCOCC1. The number of carbonyl (C=O) groups is 1. The number of thioether (sulfide) groups is 1. The van der Waals surface area contributed by atoms with E-state index >= 15 is 0 Å². The summed E-state index contributed by atoms with van der Waals surface area (Å²) in [5.41, 5.74) is 2.00. The lowest BCUT2D eigenvalue weighted by atomic mass is 10.1. The van der Waals surface area contributed by atoms with E-state index in [-0.39, 0.29) is 5.91 Å². The lowest BCUT2D eigenvalue weighted by Gasteiger charge is -2.27. The Labute approximate surface area is 149 Å². The van der Waals surface area contributed by atoms with Gasteiger partial charge < -0.3 is 15.0 Å². The van der Waals surface area contributed by atoms with Crippen LogP contribution in [0.5, 0.6) is 0 Å². The van der Waals surface area contributed by atoms with Crippen LogP contribution in [-0.2, 0) is 4.74 Å². The summed E-state index contributed by atoms with van der Waals surface area (Å²) in [6.07, 6.45) is 0. The number of morpholine rings is 1. The third kappa shape index (κ3) is 4.70. The van der Waals surface area contributed by atoms with Gasteiger partial charge in [-0.15, -0.1) is 0 Å². The maximum absolute atomic E-state index is 12.7. The van der Waals surface area contributed by atoms with Gasteiger partial charge in [-0.1, -0.05) is 23.9 Å². The molecule has 0 bridgehead atoms. The number of halogens is 2. The number of alkyl halides is 2. The van der Waals surface area contributed by atoms with Gasteiger partial charge in [-0.3, -0.25) is 4.79 Å². The Kier molecular flexibility index (Phi) is 5.88. The topological polar surface area (TPSA) is 41.6 Å². The molecule has 4 nitrogen and oxygen atoms in total. The summed E-state index contributed by atoms with van der Waals surface area (Å²) in [4.78, 5) is 15.0. The molecule has 0 saturated carbocycles. The Hall–Kier alpha value is -2.12. The van der Waals surface area contributed by atoms with Crippen LogP contribution in [0.3, 0.4) is 0 Å². The minimum absolute atomic E-state index is 0.0451. The number of nitrogens with one attached hydrogen (secondary N) is 1. The third-order valence-electron chi connectivity index (χ3n) is 3.81. The van der Waals surface area contributed by atoms with E-state index in [9.17, 15) is 13.6 Å². The molecule has 2 aromatic carbocycles. The van der Waals surface area contributed by atoms with Gasteiger partial charge in [0.1, 0.15) is 0 Å². The van der Waals surface area contributed by atoms with Crippen molar-refractivity contribution < 1.29 is 18.3 Å². The van der Waals surface area contributed by atoms with Crippen molar-refractivity contribution in [3.63, 3.8) is 0 Å². The van der Waals surface area contributed by atoms with E-state index in [1.807, 2.05) is 18.2 Å². The Morgan fingerprint density at radius 2 is 1.76 bits per heavy atom. The van der Waals surface area contributed by atoms with Crippen LogP contribution in [0.1, 0.15) is 10.4 Å². The molecule has 1 amide bonds. The van der Waals surface area contributed by atoms with E-state index in [0.29, 0.717) is 54.2 Å². The second-order valence-corrected chi connectivity index (χ2v) is 6.54. The van der Waals surface area contributed by atoms with Gasteiger partial charge in [0.15, 0.2) is 0 Å². The van der Waals surface area contributed by atoms with Crippen LogP contribution in [0, 0.1) is 0 Å². The summed E-state index contributed by atoms with van der Waals surface area (Å²) in [5, 5.41) is 3.20. The van der Waals surface area contributed by atoms with Crippen molar-refractivity contribution in [2.45, 2.75) is 10.7 Å². The number of rotatable bonds is 5. The number of carbonyl (C=O) groups excluding carboxylic acids is 1. The molecular formula is C18H18F2N2O2S. The van der Waals surface area contributed by atoms with Crippen molar-refractivity contribution in [3.8, 4) is 0 Å². The van der Waals surface area contributed by atoms with Crippen molar-refractivity contribution >= 4 is 29.0 Å². The van der Waals surface area contributed by atoms with Gasteiger partial charge in [-0.05, 0) is 36.4 Å². The first-order valence-corrected chi connectivity index (χ1v) is 8.79. The molecule has 1 N–H and O–H groups in total. The Morgan fingerprint density at radius 1 is 1.08 bits per heavy atom. The number of ether oxygens (including phenoxy) is 1. The van der Waals surface area contributed by atoms with Crippen molar-refractivity contribution in [2.24, 2.45) is 0 Å². The van der Waals surface area contributed by atoms with Gasteiger partial charge >= 0.3 is 0 Å². The number of hydrogen-bond acceptors (Lipinski definition) is 4. The zero-order valence-corrected chi connectivity index (χ0v) is 14.3. The standard InChI is InChI=1S/C18H18F2N2O2S/c19-18(20)25-14-7-5-13(6-8-14)21-16-4-2-1-3-15(16)17(23)22-9-11-24-12-10-22/h1-8,18,21H,9-12H2. The molecule has 7 heteroatoms. The number of benzene rings is 2. The van der Waals surface area contributed by atoms with E-state index < -0.39 is 5.76 Å². The van der Waals surface area contributed by atoms with Gasteiger partial charge in [0.25, 0.3) is 11.7 Å². The smallest absolute Gasteiger partial charge is 0.288 e. The van der Waals surface area contributed by atoms with Crippen LogP contribution < -0.4 is 5.32 Å². The zero-order chi connectivity index (χ0) is 17.6. The second kappa shape index (κ2) is 8.31. The molecule has 0 atom stereocenters. The average Bonchev–Trinajstić information content (AvgIpc) is 2.63. The first-order chi connectivity index (χ1) is 12.1. The summed E-state index contributed by atoms with van der Waals surface area (Å²) < 4.78 is 30.1. The molecule has 132 valence electrons. The maximum atomic E-state index is 12.7. The lowest BCUT2D eigenvalue weighted by Crippen LogP contribution is -2.40. The molecule has 0 aromatic heterocycles. The van der Waals surface area contributed by atoms with E-state index in [4.69, 9.17) is 4.74 Å². The van der Waals surface area contributed by atoms with Crippen molar-refractivity contribution in [3.05, 3.63) is 54.1 Å². The van der Waals surface area contributed by atoms with Crippen molar-refractivity contribution in [1.29, 1.82) is 0 Å². The van der Waals surface area contributed by atoms with E-state index in [0.717, 1.165) is 5.69 Å². The molecule has 1 saturated heterocycles. The maximum Gasteiger partial charge on any atom is 0.288 e. The summed E-state index contributed by atoms with van der Waals surface area (Å²) in [6.45, 7) is 2.24. The van der Waals surface area contributed by atoms with Crippen LogP contribution >= 0.6 is 11.8 Å². The van der Waals surface area contributed by atoms with Gasteiger partial charge in [0.05, 0.1) is 24.5 Å². The van der Waals surface area contributed by atoms with Crippen LogP contribution in [0.4, 0.5) is 20.2 Å². The Balaban J connectivity index is 1.75. The normalized spacial score (nSPS) is 14.6. The monoisotopic (exact) mass is 364 g/mol. The van der Waals surface area contributed by atoms with Crippen molar-refractivity contribution in [1.82, 2.24) is 4.90 Å². The number of anilines is 2. The molecule has 1 fully saturated rings. The predicted octanol–water partition coefficient (Wildman–Crippen LogP) is 4.22. The van der Waals surface area contributed by atoms with Crippen LogP contribution in [0.25, 0.3) is 0 Å². The molecule has 1 aliphatic heterocycles. The second-order valence-electron chi connectivity index (χ2n) is 5.48. The molecule has 25 heavy (non-hydrogen) atoms. The van der Waals surface area contributed by atoms with Gasteiger partial charge in [0.2, 0.25) is 0 Å². The Bertz CT molecular complexity index is 719. The highest BCUT2D eigenvalue weighted by Gasteiger charge is 2.20. The van der Waals surface area contributed by atoms with E-state index in [1.165, 1.54) is 0 Å². The summed E-state index contributed by atoms with van der Waals surface area (Å²) in [6, 6.07) is 14.0. The number of para-hydroxylation sites is 1. The first kappa shape index (κ1) is 17.7. The van der Waals surface area contributed by atoms with E-state index in [2.05, 4.69) is 5.32 Å². The van der Waals surface area contributed by atoms with E-state index in [1.54, 1.807) is 35.2 Å². The molecular weight excluding hydrogens is 346 g/mol. The molecule has 0 aliphatic carbocycles. The highest BCUT2D eigenvalue weighted by atomic mass is 32.2. The fraction of sp³-hybridized carbons (Fsp3) is 0.278. The zero-order valence-electron chi connectivity index (χ0n) is 13.5. The third-order valence-corrected chi connectivity index (χ3v) is 4.54. The molecule has 1 heterocycles. The van der Waals surface area contributed by atoms with Crippen LogP contribution in [0.15, 0.2) is 53.4 Å². The Morgan fingerprint density at radius 3 is 2.44 bits per heavy atom. The predicted molar refractivity (Wildman–Crippen MR) is 94.8 cm³/mol. The number of nitrogens with zero attached hydrogens (tertiary/aromatic N) is 1. The molecule has 0 radical (unpaired) electrons. The largest absolute Gasteiger partial charge is 0.378 e. The lowest BCUT2D eigenvalue weighted by molar-refractivity contribution is 0.0303. The summed E-state index contributed by atoms with van der Waals surface area (Å²) >= 11 is 0.507. The molecule has 3 rings (SSSR count). The van der Waals surface area contributed by atoms with Gasteiger partial charge in [-0.2, -0.15) is 8.78 Å². The van der Waals surface area contributed by atoms with Crippen LogP contribution in [0.2, 0.25) is 0 Å². The van der Waals surface area contributed by atoms with Crippen LogP contribution in [-0.4, -0.2) is 42.9 Å². The average molecular weight is 364 g/mol. The highest BCUT2D eigenvalue weighted by molar-refractivity contribution is 7.99. The summed E-state index contributed by atoms with van der Waals surface area (Å²) in [7, 11) is 0. The van der Waals surface area contributed by atoms with Gasteiger partial charge in [-0.25, -0.2) is 0 Å². The number of hydrogen-bond donors (Lipinski definition) is 1. The minimum Gasteiger partial charge on any atom is -0.378 e. The summed E-state index contributed by atoms with van der Waals surface area (Å²) in [5.74, 6) is -2.48. The fourth-order valence-electron chi connectivity index (χ4n) is 2.59. The highest BCUT2D eigenvalue weighted by Crippen LogP contribution is 2.28. The quantitative estimate of drug-likeness (QED) is 0.807. The molecule has 0 spiro atoms.